The van der Waals surface area contributed by atoms with Crippen LogP contribution in [0.1, 0.15) is 46.0 Å². The maximum Gasteiger partial charge on any atom is 0.239 e. The summed E-state index contributed by atoms with van der Waals surface area (Å²) in [5, 5.41) is 6.41. The lowest BCUT2D eigenvalue weighted by Gasteiger charge is -2.34. The van der Waals surface area contributed by atoms with Gasteiger partial charge in [0.25, 0.3) is 0 Å². The number of carbonyl (C=O) groups is 1. The predicted molar refractivity (Wildman–Crippen MR) is 72.1 cm³/mol. The van der Waals surface area contributed by atoms with Crippen LogP contribution in [0.2, 0.25) is 0 Å². The van der Waals surface area contributed by atoms with Gasteiger partial charge in [-0.15, -0.1) is 0 Å². The van der Waals surface area contributed by atoms with Crippen molar-refractivity contribution in [3.63, 3.8) is 0 Å². The molecular weight excluding hydrogens is 224 g/mol. The SMILES string of the molecule is CNC(C)(C)C(=O)NC1CC2CC1C1CCCC21. The third-order valence-corrected chi connectivity index (χ3v) is 5.94. The van der Waals surface area contributed by atoms with Crippen molar-refractivity contribution in [3.05, 3.63) is 0 Å². The number of hydrogen-bond donors (Lipinski definition) is 2. The van der Waals surface area contributed by atoms with Gasteiger partial charge in [-0.25, -0.2) is 0 Å². The highest BCUT2D eigenvalue weighted by molar-refractivity contribution is 5.85. The molecule has 5 unspecified atom stereocenters. The first-order chi connectivity index (χ1) is 8.53. The molecule has 0 radical (unpaired) electrons. The van der Waals surface area contributed by atoms with Gasteiger partial charge in [-0.3, -0.25) is 4.79 Å². The van der Waals surface area contributed by atoms with Gasteiger partial charge in [0.1, 0.15) is 0 Å². The van der Waals surface area contributed by atoms with Crippen molar-refractivity contribution in [1.82, 2.24) is 10.6 Å². The summed E-state index contributed by atoms with van der Waals surface area (Å²) in [5.41, 5.74) is -0.448. The predicted octanol–water partition coefficient (Wildman–Crippen LogP) is 1.93. The van der Waals surface area contributed by atoms with Gasteiger partial charge in [0.2, 0.25) is 5.91 Å². The highest BCUT2D eigenvalue weighted by Gasteiger charge is 2.54. The summed E-state index contributed by atoms with van der Waals surface area (Å²) in [6.07, 6.45) is 6.89. The Hall–Kier alpha value is -0.570. The van der Waals surface area contributed by atoms with E-state index >= 15 is 0 Å². The van der Waals surface area contributed by atoms with Crippen LogP contribution >= 0.6 is 0 Å². The fraction of sp³-hybridized carbons (Fsp3) is 0.933. The molecule has 3 saturated carbocycles. The van der Waals surface area contributed by atoms with E-state index in [2.05, 4.69) is 10.6 Å². The molecule has 5 atom stereocenters. The second-order valence-corrected chi connectivity index (χ2v) is 7.11. The minimum Gasteiger partial charge on any atom is -0.351 e. The molecule has 3 aliphatic rings. The van der Waals surface area contributed by atoms with Crippen LogP contribution in [0.4, 0.5) is 0 Å². The van der Waals surface area contributed by atoms with Gasteiger partial charge in [-0.1, -0.05) is 6.42 Å². The van der Waals surface area contributed by atoms with Crippen LogP contribution in [0, 0.1) is 23.7 Å². The summed E-state index contributed by atoms with van der Waals surface area (Å²) in [6, 6.07) is 0.453. The summed E-state index contributed by atoms with van der Waals surface area (Å²) in [4.78, 5) is 12.2. The van der Waals surface area contributed by atoms with Crippen molar-refractivity contribution >= 4 is 5.91 Å². The number of likely N-dealkylation sites (N-methyl/N-ethyl adjacent to an activating group) is 1. The molecule has 1 amide bonds. The number of nitrogens with one attached hydrogen (secondary N) is 2. The minimum absolute atomic E-state index is 0.164. The highest BCUT2D eigenvalue weighted by atomic mass is 16.2. The smallest absolute Gasteiger partial charge is 0.239 e. The van der Waals surface area contributed by atoms with Crippen molar-refractivity contribution < 1.29 is 4.79 Å². The molecule has 3 aliphatic carbocycles. The number of amides is 1. The van der Waals surface area contributed by atoms with Crippen LogP contribution in [-0.4, -0.2) is 24.5 Å². The Balaban J connectivity index is 1.65. The molecule has 0 heterocycles. The Bertz CT molecular complexity index is 352. The molecule has 2 bridgehead atoms. The monoisotopic (exact) mass is 250 g/mol. The molecule has 3 fully saturated rings. The van der Waals surface area contributed by atoms with E-state index in [0.717, 1.165) is 23.7 Å². The average molecular weight is 250 g/mol. The fourth-order valence-corrected chi connectivity index (χ4v) is 4.70. The van der Waals surface area contributed by atoms with Crippen molar-refractivity contribution in [3.8, 4) is 0 Å². The Morgan fingerprint density at radius 1 is 1.11 bits per heavy atom. The molecule has 0 saturated heterocycles. The molecule has 0 aliphatic heterocycles. The van der Waals surface area contributed by atoms with Crippen LogP contribution in [0.15, 0.2) is 0 Å². The molecule has 0 aromatic rings. The van der Waals surface area contributed by atoms with E-state index in [1.54, 1.807) is 0 Å². The molecule has 3 rings (SSSR count). The van der Waals surface area contributed by atoms with E-state index in [1.165, 1.54) is 32.1 Å². The number of carbonyl (C=O) groups excluding carboxylic acids is 1. The number of fused-ring (bicyclic) bond motifs is 5. The lowest BCUT2D eigenvalue weighted by molar-refractivity contribution is -0.127. The van der Waals surface area contributed by atoms with Gasteiger partial charge in [-0.2, -0.15) is 0 Å². The zero-order valence-corrected chi connectivity index (χ0v) is 11.8. The standard InChI is InChI=1S/C15H26N2O/c1-15(2,16-3)14(18)17-13-8-9-7-12(13)11-6-4-5-10(9)11/h9-13,16H,4-8H2,1-3H3,(H,17,18). The highest BCUT2D eigenvalue weighted by Crippen LogP contribution is 2.58. The molecule has 18 heavy (non-hydrogen) atoms. The lowest BCUT2D eigenvalue weighted by Crippen LogP contribution is -2.55. The first-order valence-electron chi connectivity index (χ1n) is 7.53. The third-order valence-electron chi connectivity index (χ3n) is 5.94. The summed E-state index contributed by atoms with van der Waals surface area (Å²) in [7, 11) is 1.85. The van der Waals surface area contributed by atoms with Crippen molar-refractivity contribution in [1.29, 1.82) is 0 Å². The molecule has 0 aromatic carbocycles. The quantitative estimate of drug-likeness (QED) is 0.803. The average Bonchev–Trinajstić information content (AvgIpc) is 2.99. The number of rotatable bonds is 3. The van der Waals surface area contributed by atoms with E-state index in [0.29, 0.717) is 6.04 Å². The Kier molecular flexibility index (Phi) is 2.92. The molecule has 0 aromatic heterocycles. The van der Waals surface area contributed by atoms with Crippen LogP contribution in [0.25, 0.3) is 0 Å². The van der Waals surface area contributed by atoms with Crippen LogP contribution in [0.5, 0.6) is 0 Å². The van der Waals surface area contributed by atoms with Crippen LogP contribution < -0.4 is 10.6 Å². The normalized spacial score (nSPS) is 42.1. The summed E-state index contributed by atoms with van der Waals surface area (Å²) in [5.74, 6) is 3.77. The van der Waals surface area contributed by atoms with Gasteiger partial charge in [0.15, 0.2) is 0 Å². The summed E-state index contributed by atoms with van der Waals surface area (Å²) >= 11 is 0. The van der Waals surface area contributed by atoms with E-state index in [-0.39, 0.29) is 5.91 Å². The number of hydrogen-bond acceptors (Lipinski definition) is 2. The zero-order valence-electron chi connectivity index (χ0n) is 11.8. The second kappa shape index (κ2) is 4.22. The summed E-state index contributed by atoms with van der Waals surface area (Å²) < 4.78 is 0. The molecular formula is C15H26N2O. The topological polar surface area (TPSA) is 41.1 Å². The molecule has 0 spiro atoms. The van der Waals surface area contributed by atoms with E-state index in [1.807, 2.05) is 20.9 Å². The van der Waals surface area contributed by atoms with E-state index < -0.39 is 5.54 Å². The summed E-state index contributed by atoms with van der Waals surface area (Å²) in [6.45, 7) is 3.90. The maximum atomic E-state index is 12.2. The van der Waals surface area contributed by atoms with Gasteiger partial charge in [0.05, 0.1) is 5.54 Å². The minimum atomic E-state index is -0.448. The zero-order chi connectivity index (χ0) is 12.9. The van der Waals surface area contributed by atoms with E-state index in [4.69, 9.17) is 0 Å². The maximum absolute atomic E-state index is 12.2. The van der Waals surface area contributed by atoms with Gasteiger partial charge >= 0.3 is 0 Å². The van der Waals surface area contributed by atoms with Crippen molar-refractivity contribution in [2.75, 3.05) is 7.05 Å². The second-order valence-electron chi connectivity index (χ2n) is 7.11. The molecule has 3 heteroatoms. The first kappa shape index (κ1) is 12.5. The van der Waals surface area contributed by atoms with Crippen molar-refractivity contribution in [2.45, 2.75) is 57.5 Å². The largest absolute Gasteiger partial charge is 0.351 e. The first-order valence-corrected chi connectivity index (χ1v) is 7.53. The van der Waals surface area contributed by atoms with Gasteiger partial charge in [0, 0.05) is 6.04 Å². The molecule has 2 N–H and O–H groups in total. The van der Waals surface area contributed by atoms with Gasteiger partial charge < -0.3 is 10.6 Å². The fourth-order valence-electron chi connectivity index (χ4n) is 4.70. The van der Waals surface area contributed by atoms with Gasteiger partial charge in [-0.05, 0) is 70.3 Å². The Labute approximate surface area is 110 Å². The molecule has 3 nitrogen and oxygen atoms in total. The molecule has 102 valence electrons. The Morgan fingerprint density at radius 3 is 2.56 bits per heavy atom. The van der Waals surface area contributed by atoms with E-state index in [9.17, 15) is 4.79 Å². The van der Waals surface area contributed by atoms with Crippen molar-refractivity contribution in [2.24, 2.45) is 23.7 Å². The third kappa shape index (κ3) is 1.78. The lowest BCUT2D eigenvalue weighted by atomic mass is 9.79. The van der Waals surface area contributed by atoms with Crippen LogP contribution in [-0.2, 0) is 4.79 Å². The Morgan fingerprint density at radius 2 is 1.83 bits per heavy atom. The van der Waals surface area contributed by atoms with Crippen LogP contribution in [0.3, 0.4) is 0 Å².